The Labute approximate surface area is 357 Å². The van der Waals surface area contributed by atoms with Crippen LogP contribution in [0.25, 0.3) is 0 Å². The number of piperidine rings is 1. The average Bonchev–Trinajstić information content (AvgIpc) is 3.87. The third-order valence-electron chi connectivity index (χ3n) is 16.6. The van der Waals surface area contributed by atoms with Crippen LogP contribution in [0.1, 0.15) is 125 Å². The molecule has 0 radical (unpaired) electrons. The average molecular weight is 840 g/mol. The molecule has 8 aliphatic heterocycles. The zero-order valence-corrected chi connectivity index (χ0v) is 36.8. The summed E-state index contributed by atoms with van der Waals surface area (Å²) in [7, 11) is 0. The van der Waals surface area contributed by atoms with E-state index in [0.29, 0.717) is 55.8 Å². The van der Waals surface area contributed by atoms with E-state index in [4.69, 9.17) is 38.3 Å². The number of carbonyl (C=O) groups is 1. The second-order valence-electron chi connectivity index (χ2n) is 21.5. The van der Waals surface area contributed by atoms with Crippen molar-refractivity contribution in [3.63, 3.8) is 0 Å². The second kappa shape index (κ2) is 16.4. The molecule has 3 spiro atoms. The number of aliphatic hydroxyl groups excluding tert-OH is 2. The molecule has 1 saturated carbocycles. The van der Waals surface area contributed by atoms with Gasteiger partial charge in [0.1, 0.15) is 6.10 Å². The Morgan fingerprint density at radius 1 is 0.850 bits per heavy atom. The number of fused-ring (bicyclic) bond motifs is 5. The van der Waals surface area contributed by atoms with E-state index in [1.165, 1.54) is 6.42 Å². The van der Waals surface area contributed by atoms with Crippen LogP contribution in [0.3, 0.4) is 0 Å². The largest absolute Gasteiger partial charge is 0.479 e. The summed E-state index contributed by atoms with van der Waals surface area (Å²) in [6.07, 6.45) is 13.6. The topological polar surface area (TPSA) is 154 Å². The van der Waals surface area contributed by atoms with Crippen LogP contribution < -0.4 is 5.32 Å². The van der Waals surface area contributed by atoms with E-state index >= 15 is 0 Å². The molecule has 12 nitrogen and oxygen atoms in total. The lowest BCUT2D eigenvalue weighted by Crippen LogP contribution is -2.57. The van der Waals surface area contributed by atoms with Crippen molar-refractivity contribution in [2.75, 3.05) is 6.54 Å². The maximum atomic E-state index is 12.1. The van der Waals surface area contributed by atoms with Gasteiger partial charge in [0.05, 0.1) is 48.8 Å². The Morgan fingerprint density at radius 2 is 1.65 bits per heavy atom. The first-order valence-electron chi connectivity index (χ1n) is 23.6. The van der Waals surface area contributed by atoms with E-state index in [9.17, 15) is 15.0 Å². The molecule has 8 heterocycles. The molecule has 0 aromatic rings. The molecule has 0 amide bonds. The molecular weight excluding hydrogens is 767 g/mol. The van der Waals surface area contributed by atoms with Crippen molar-refractivity contribution < 1.29 is 53.3 Å². The highest BCUT2D eigenvalue weighted by Gasteiger charge is 2.62. The normalized spacial score (nSPS) is 52.2. The van der Waals surface area contributed by atoms with Crippen LogP contribution in [0, 0.1) is 41.4 Å². The highest BCUT2D eigenvalue weighted by atomic mass is 16.8. The van der Waals surface area contributed by atoms with Crippen LogP contribution >= 0.6 is 0 Å². The molecular formula is C48H73NO11. The summed E-state index contributed by atoms with van der Waals surface area (Å²) in [5.74, 6) is -1.04. The van der Waals surface area contributed by atoms with Gasteiger partial charge in [-0.1, -0.05) is 72.4 Å². The van der Waals surface area contributed by atoms with Crippen molar-refractivity contribution >= 4 is 5.97 Å². The summed E-state index contributed by atoms with van der Waals surface area (Å²) in [5.41, 5.74) is 1.12. The second-order valence-corrected chi connectivity index (χ2v) is 21.5. The van der Waals surface area contributed by atoms with E-state index in [0.717, 1.165) is 50.6 Å². The summed E-state index contributed by atoms with van der Waals surface area (Å²) in [6.45, 7) is 19.4. The maximum Gasteiger partial charge on any atom is 0.332 e. The highest BCUT2D eigenvalue weighted by Crippen LogP contribution is 2.57. The molecule has 9 aliphatic rings. The Morgan fingerprint density at radius 3 is 2.43 bits per heavy atom. The number of carboxylic acids is 1. The summed E-state index contributed by atoms with van der Waals surface area (Å²) in [4.78, 5) is 11.0. The zero-order chi connectivity index (χ0) is 42.4. The fraction of sp³-hybridized carbons (Fsp3) is 0.854. The lowest BCUT2D eigenvalue weighted by atomic mass is 9.74. The summed E-state index contributed by atoms with van der Waals surface area (Å²) in [5, 5.41) is 34.8. The number of hydrogen-bond acceptors (Lipinski definition) is 11. The lowest BCUT2D eigenvalue weighted by Gasteiger charge is -2.53. The molecule has 12 heteroatoms. The quantitative estimate of drug-likeness (QED) is 0.186. The van der Waals surface area contributed by atoms with Gasteiger partial charge in [-0.3, -0.25) is 0 Å². The van der Waals surface area contributed by atoms with Gasteiger partial charge in [-0.05, 0) is 80.2 Å². The fourth-order valence-electron chi connectivity index (χ4n) is 13.6. The minimum atomic E-state index is -1.45. The third kappa shape index (κ3) is 8.04. The summed E-state index contributed by atoms with van der Waals surface area (Å²) < 4.78 is 48.0. The molecule has 21 atom stereocenters. The maximum absolute atomic E-state index is 12.1. The standard InChI is InChI=1S/C48H73NO11/c1-26-17-36-34-23-45(31(6)16-27(2)25-49-45)24-40(34)58-47(21-26,57-36)22-30(5)42-28(3)18-29(4)43(55-42)41(51)39-20-38-37(54-39)19-32(7)48(59-38)15-14-46(60-48)13-9-11-33(56-46)10-8-12-35(50)44(52)53/h8-11,26-29,31-43,49-51H,5,12-25H2,1-4,6-7H3,(H,52,53)/b10-8+/t26-,27+,28-,29+,31-,32+,33+,34-,35-,36+,37+,38+,39?,40+,41+,42-,43?,45+,46-,47+,48+/m0/s1. The fourth-order valence-corrected chi connectivity index (χ4v) is 13.6. The Hall–Kier alpha value is -1.71. The monoisotopic (exact) mass is 840 g/mol. The minimum Gasteiger partial charge on any atom is -0.479 e. The minimum absolute atomic E-state index is 0.000988. The van der Waals surface area contributed by atoms with E-state index in [1.807, 2.05) is 12.2 Å². The first-order valence-corrected chi connectivity index (χ1v) is 23.6. The van der Waals surface area contributed by atoms with E-state index in [1.54, 1.807) is 12.2 Å². The van der Waals surface area contributed by atoms with Gasteiger partial charge in [0, 0.05) is 62.3 Å². The molecule has 7 saturated heterocycles. The number of rotatable bonds is 9. The van der Waals surface area contributed by atoms with Gasteiger partial charge in [-0.15, -0.1) is 0 Å². The van der Waals surface area contributed by atoms with Crippen LogP contribution in [-0.2, 0) is 38.0 Å². The molecule has 9 rings (SSSR count). The number of nitrogens with one attached hydrogen (secondary N) is 1. The number of carboxylic acid groups (broad SMARTS) is 1. The predicted molar refractivity (Wildman–Crippen MR) is 222 cm³/mol. The first-order chi connectivity index (χ1) is 28.5. The van der Waals surface area contributed by atoms with Gasteiger partial charge in [0.25, 0.3) is 0 Å². The summed E-state index contributed by atoms with van der Waals surface area (Å²) >= 11 is 0. The smallest absolute Gasteiger partial charge is 0.332 e. The molecule has 8 fully saturated rings. The van der Waals surface area contributed by atoms with Crippen molar-refractivity contribution in [2.45, 2.75) is 209 Å². The lowest BCUT2D eigenvalue weighted by molar-refractivity contribution is -0.365. The molecule has 4 N–H and O–H groups in total. The van der Waals surface area contributed by atoms with Crippen molar-refractivity contribution in [3.8, 4) is 0 Å². The molecule has 0 aromatic carbocycles. The first kappa shape index (κ1) is 43.5. The Bertz CT molecular complexity index is 1670. The highest BCUT2D eigenvalue weighted by molar-refractivity contribution is 5.72. The van der Waals surface area contributed by atoms with E-state index in [-0.39, 0.29) is 60.2 Å². The SMILES string of the molecule is C=C(C[C@]12C[C@@H](C)C[C@@H](O1)[C@@H]1C[C@]3(C[C@H]1O2)NC[C@H](C)C[C@@H]3C)[C@H]1OC([C@H](O)C2C[C@H]3O[C@@]4(CC[C@]5(CC=C[C@@H](/C=C/C[C@H](O)C(=O)O)O5)O4)[C@H](C)C[C@H]3O2)[C@H](C)C[C@@H]1C. The molecule has 1 aliphatic carbocycles. The van der Waals surface area contributed by atoms with Gasteiger partial charge in [0.2, 0.25) is 0 Å². The Balaban J connectivity index is 0.826. The molecule has 336 valence electrons. The van der Waals surface area contributed by atoms with Crippen LogP contribution in [0.2, 0.25) is 0 Å². The van der Waals surface area contributed by atoms with E-state index < -0.39 is 53.9 Å². The Kier molecular flexibility index (Phi) is 11.9. The summed E-state index contributed by atoms with van der Waals surface area (Å²) in [6, 6.07) is 0. The molecule has 2 unspecified atom stereocenters. The van der Waals surface area contributed by atoms with Crippen LogP contribution in [0.5, 0.6) is 0 Å². The van der Waals surface area contributed by atoms with Crippen LogP contribution in [0.4, 0.5) is 0 Å². The number of ether oxygens (including phenoxy) is 7. The number of hydrogen-bond donors (Lipinski definition) is 4. The van der Waals surface area contributed by atoms with Gasteiger partial charge < -0.3 is 53.8 Å². The van der Waals surface area contributed by atoms with Gasteiger partial charge in [0.15, 0.2) is 23.5 Å². The van der Waals surface area contributed by atoms with Crippen molar-refractivity contribution in [2.24, 2.45) is 41.4 Å². The van der Waals surface area contributed by atoms with Crippen molar-refractivity contribution in [3.05, 3.63) is 36.5 Å². The number of aliphatic carboxylic acids is 1. The zero-order valence-electron chi connectivity index (χ0n) is 36.8. The van der Waals surface area contributed by atoms with Crippen molar-refractivity contribution in [1.29, 1.82) is 0 Å². The van der Waals surface area contributed by atoms with E-state index in [2.05, 4.69) is 53.4 Å². The molecule has 0 aromatic heterocycles. The van der Waals surface area contributed by atoms with Crippen LogP contribution in [0.15, 0.2) is 36.5 Å². The predicted octanol–water partition coefficient (Wildman–Crippen LogP) is 6.57. The van der Waals surface area contributed by atoms with Crippen LogP contribution in [-0.4, -0.2) is 112 Å². The van der Waals surface area contributed by atoms with Gasteiger partial charge >= 0.3 is 5.97 Å². The number of aliphatic hydroxyl groups is 2. The van der Waals surface area contributed by atoms with Crippen molar-refractivity contribution in [1.82, 2.24) is 5.32 Å². The van der Waals surface area contributed by atoms with Gasteiger partial charge in [-0.2, -0.15) is 0 Å². The molecule has 2 bridgehead atoms. The molecule has 60 heavy (non-hydrogen) atoms. The third-order valence-corrected chi connectivity index (χ3v) is 16.6. The van der Waals surface area contributed by atoms with Gasteiger partial charge in [-0.25, -0.2) is 4.79 Å².